The smallest absolute Gasteiger partial charge is 0.0577 e. The van der Waals surface area contributed by atoms with Gasteiger partial charge in [-0.1, -0.05) is 0 Å². The van der Waals surface area contributed by atoms with E-state index in [9.17, 15) is 0 Å². The Kier molecular flexibility index (Phi) is 3.19. The third-order valence-corrected chi connectivity index (χ3v) is 3.25. The monoisotopic (exact) mass is 184 g/mol. The molecule has 1 saturated carbocycles. The van der Waals surface area contributed by atoms with E-state index < -0.39 is 0 Å². The van der Waals surface area contributed by atoms with Gasteiger partial charge < -0.3 is 15.0 Å². The van der Waals surface area contributed by atoms with E-state index in [1.165, 1.54) is 45.6 Å². The van der Waals surface area contributed by atoms with Crippen molar-refractivity contribution in [2.45, 2.75) is 18.9 Å². The normalized spacial score (nSPS) is 35.8. The van der Waals surface area contributed by atoms with Gasteiger partial charge in [-0.05, 0) is 18.8 Å². The van der Waals surface area contributed by atoms with Crippen molar-refractivity contribution < 1.29 is 4.74 Å². The molecule has 1 aliphatic carbocycles. The predicted octanol–water partition coefficient (Wildman–Crippen LogP) is 0.317. The number of nitrogens with one attached hydrogen (secondary N) is 1. The highest BCUT2D eigenvalue weighted by Crippen LogP contribution is 2.30. The quantitative estimate of drug-likeness (QED) is 0.683. The number of ether oxygens (including phenoxy) is 1. The first-order valence-corrected chi connectivity index (χ1v) is 5.34. The average Bonchev–Trinajstić information content (AvgIpc) is 2.12. The van der Waals surface area contributed by atoms with Crippen LogP contribution in [0.5, 0.6) is 0 Å². The fraction of sp³-hybridized carbons (Fsp3) is 1.00. The zero-order valence-electron chi connectivity index (χ0n) is 8.46. The minimum absolute atomic E-state index is 0.563. The third-order valence-electron chi connectivity index (χ3n) is 3.25. The van der Waals surface area contributed by atoms with E-state index in [1.54, 1.807) is 0 Å². The maximum atomic E-state index is 5.27. The summed E-state index contributed by atoms with van der Waals surface area (Å²) >= 11 is 0. The van der Waals surface area contributed by atoms with Crippen LogP contribution in [-0.4, -0.2) is 50.8 Å². The van der Waals surface area contributed by atoms with Crippen LogP contribution in [0, 0.1) is 5.92 Å². The van der Waals surface area contributed by atoms with Crippen molar-refractivity contribution in [2.24, 2.45) is 5.92 Å². The number of rotatable bonds is 3. The summed E-state index contributed by atoms with van der Waals surface area (Å²) in [7, 11) is 1.83. The molecule has 2 aliphatic rings. The lowest BCUT2D eigenvalue weighted by molar-refractivity contribution is -0.0118. The second-order valence-corrected chi connectivity index (χ2v) is 4.25. The molecule has 1 heterocycles. The lowest BCUT2D eigenvalue weighted by atomic mass is 9.82. The summed E-state index contributed by atoms with van der Waals surface area (Å²) in [6, 6.07) is 0. The van der Waals surface area contributed by atoms with Gasteiger partial charge in [0.1, 0.15) is 0 Å². The minimum atomic E-state index is 0.563. The van der Waals surface area contributed by atoms with E-state index in [-0.39, 0.29) is 0 Å². The average molecular weight is 184 g/mol. The minimum Gasteiger partial charge on any atom is -0.381 e. The molecule has 0 aromatic heterocycles. The number of hydrogen-bond donors (Lipinski definition) is 1. The lowest BCUT2D eigenvalue weighted by Gasteiger charge is -2.38. The van der Waals surface area contributed by atoms with Gasteiger partial charge >= 0.3 is 0 Å². The summed E-state index contributed by atoms with van der Waals surface area (Å²) in [5.74, 6) is 0.906. The van der Waals surface area contributed by atoms with Crippen molar-refractivity contribution in [3.05, 3.63) is 0 Å². The number of nitrogens with zero attached hydrogens (tertiary/aromatic N) is 1. The van der Waals surface area contributed by atoms with E-state index in [4.69, 9.17) is 4.74 Å². The highest BCUT2D eigenvalue weighted by atomic mass is 16.5. The Labute approximate surface area is 80.4 Å². The van der Waals surface area contributed by atoms with Gasteiger partial charge in [-0.25, -0.2) is 0 Å². The SMILES string of the molecule is CO[C@H]1C[C@H](CN2CCNCC2)C1. The van der Waals surface area contributed by atoms with Crippen LogP contribution in [0.2, 0.25) is 0 Å². The summed E-state index contributed by atoms with van der Waals surface area (Å²) in [6.07, 6.45) is 3.12. The Morgan fingerprint density at radius 3 is 2.62 bits per heavy atom. The Morgan fingerprint density at radius 1 is 1.31 bits per heavy atom. The summed E-state index contributed by atoms with van der Waals surface area (Å²) in [5, 5.41) is 3.38. The van der Waals surface area contributed by atoms with Gasteiger partial charge in [0.25, 0.3) is 0 Å². The van der Waals surface area contributed by atoms with E-state index in [2.05, 4.69) is 10.2 Å². The molecule has 3 heteroatoms. The molecule has 0 bridgehead atoms. The van der Waals surface area contributed by atoms with E-state index in [0.717, 1.165) is 5.92 Å². The fourth-order valence-electron chi connectivity index (χ4n) is 2.27. The summed E-state index contributed by atoms with van der Waals surface area (Å²) in [5.41, 5.74) is 0. The van der Waals surface area contributed by atoms with E-state index in [1.807, 2.05) is 7.11 Å². The highest BCUT2D eigenvalue weighted by Gasteiger charge is 2.30. The molecule has 0 unspecified atom stereocenters. The van der Waals surface area contributed by atoms with Crippen LogP contribution in [0.25, 0.3) is 0 Å². The lowest BCUT2D eigenvalue weighted by Crippen LogP contribution is -2.47. The first-order valence-electron chi connectivity index (χ1n) is 5.34. The summed E-state index contributed by atoms with van der Waals surface area (Å²) in [4.78, 5) is 2.58. The standard InChI is InChI=1S/C10H20N2O/c1-13-10-6-9(7-10)8-12-4-2-11-3-5-12/h9-11H,2-8H2,1H3/t9-,10-. The van der Waals surface area contributed by atoms with Crippen molar-refractivity contribution in [2.75, 3.05) is 39.8 Å². The molecule has 0 atom stereocenters. The van der Waals surface area contributed by atoms with Gasteiger partial charge in [0, 0.05) is 39.8 Å². The molecule has 0 aromatic rings. The van der Waals surface area contributed by atoms with Crippen LogP contribution >= 0.6 is 0 Å². The summed E-state index contributed by atoms with van der Waals surface area (Å²) < 4.78 is 5.27. The van der Waals surface area contributed by atoms with Crippen LogP contribution < -0.4 is 5.32 Å². The van der Waals surface area contributed by atoms with Gasteiger partial charge in [-0.3, -0.25) is 0 Å². The number of piperazine rings is 1. The van der Waals surface area contributed by atoms with Crippen molar-refractivity contribution in [3.8, 4) is 0 Å². The second-order valence-electron chi connectivity index (χ2n) is 4.25. The molecule has 76 valence electrons. The molecule has 0 aromatic carbocycles. The first kappa shape index (κ1) is 9.44. The van der Waals surface area contributed by atoms with Gasteiger partial charge in [0.05, 0.1) is 6.10 Å². The van der Waals surface area contributed by atoms with Crippen molar-refractivity contribution in [1.29, 1.82) is 0 Å². The zero-order chi connectivity index (χ0) is 9.10. The molecule has 3 nitrogen and oxygen atoms in total. The van der Waals surface area contributed by atoms with Crippen molar-refractivity contribution in [1.82, 2.24) is 10.2 Å². The summed E-state index contributed by atoms with van der Waals surface area (Å²) in [6.45, 7) is 6.09. The van der Waals surface area contributed by atoms with Crippen LogP contribution in [0.3, 0.4) is 0 Å². The van der Waals surface area contributed by atoms with Gasteiger partial charge in [0.2, 0.25) is 0 Å². The first-order chi connectivity index (χ1) is 6.38. The topological polar surface area (TPSA) is 24.5 Å². The fourth-order valence-corrected chi connectivity index (χ4v) is 2.27. The van der Waals surface area contributed by atoms with Gasteiger partial charge in [0.15, 0.2) is 0 Å². The van der Waals surface area contributed by atoms with Crippen LogP contribution in [0.1, 0.15) is 12.8 Å². The Balaban J connectivity index is 1.62. The number of hydrogen-bond acceptors (Lipinski definition) is 3. The maximum absolute atomic E-state index is 5.27. The zero-order valence-corrected chi connectivity index (χ0v) is 8.46. The van der Waals surface area contributed by atoms with Crippen molar-refractivity contribution >= 4 is 0 Å². The Bertz CT molecular complexity index is 151. The molecule has 2 fully saturated rings. The van der Waals surface area contributed by atoms with Crippen LogP contribution in [-0.2, 0) is 4.74 Å². The van der Waals surface area contributed by atoms with E-state index >= 15 is 0 Å². The van der Waals surface area contributed by atoms with Gasteiger partial charge in [-0.2, -0.15) is 0 Å². The molecule has 1 aliphatic heterocycles. The molecule has 1 saturated heterocycles. The molecule has 0 radical (unpaired) electrons. The predicted molar refractivity (Wildman–Crippen MR) is 52.8 cm³/mol. The van der Waals surface area contributed by atoms with Gasteiger partial charge in [-0.15, -0.1) is 0 Å². The highest BCUT2D eigenvalue weighted by molar-refractivity contribution is 4.83. The Morgan fingerprint density at radius 2 is 2.00 bits per heavy atom. The maximum Gasteiger partial charge on any atom is 0.0577 e. The van der Waals surface area contributed by atoms with E-state index in [0.29, 0.717) is 6.10 Å². The molecule has 13 heavy (non-hydrogen) atoms. The molecular formula is C10H20N2O. The molecular weight excluding hydrogens is 164 g/mol. The molecule has 2 rings (SSSR count). The largest absolute Gasteiger partial charge is 0.381 e. The molecule has 0 amide bonds. The Hall–Kier alpha value is -0.120. The molecule has 0 spiro atoms. The third kappa shape index (κ3) is 2.42. The second kappa shape index (κ2) is 4.40. The number of methoxy groups -OCH3 is 1. The van der Waals surface area contributed by atoms with Crippen molar-refractivity contribution in [3.63, 3.8) is 0 Å². The molecule has 1 N–H and O–H groups in total. The van der Waals surface area contributed by atoms with Crippen LogP contribution in [0.15, 0.2) is 0 Å². The van der Waals surface area contributed by atoms with Crippen LogP contribution in [0.4, 0.5) is 0 Å².